The van der Waals surface area contributed by atoms with Crippen LogP contribution in [-0.2, 0) is 14.3 Å². The lowest BCUT2D eigenvalue weighted by atomic mass is 9.49. The van der Waals surface area contributed by atoms with Crippen molar-refractivity contribution in [2.45, 2.75) is 70.9 Å². The maximum Gasteiger partial charge on any atom is 0.329 e. The fourth-order valence-corrected chi connectivity index (χ4v) is 7.26. The van der Waals surface area contributed by atoms with Gasteiger partial charge in [0, 0.05) is 29.9 Å². The van der Waals surface area contributed by atoms with E-state index in [4.69, 9.17) is 4.74 Å². The van der Waals surface area contributed by atoms with Crippen molar-refractivity contribution in [1.29, 1.82) is 0 Å². The predicted octanol–water partition coefficient (Wildman–Crippen LogP) is 2.54. The van der Waals surface area contributed by atoms with Crippen LogP contribution in [-0.4, -0.2) is 57.9 Å². The molecule has 4 aliphatic carbocycles. The van der Waals surface area contributed by atoms with Gasteiger partial charge in [-0.25, -0.2) is 4.79 Å². The van der Waals surface area contributed by atoms with Crippen LogP contribution in [0, 0.1) is 37.0 Å². The summed E-state index contributed by atoms with van der Waals surface area (Å²) in [5, 5.41) is 10.3. The summed E-state index contributed by atoms with van der Waals surface area (Å²) in [6.45, 7) is 3.48. The van der Waals surface area contributed by atoms with Gasteiger partial charge >= 0.3 is 5.97 Å². The lowest BCUT2D eigenvalue weighted by Gasteiger charge is -2.56. The quantitative estimate of drug-likeness (QED) is 0.555. The predicted molar refractivity (Wildman–Crippen MR) is 112 cm³/mol. The van der Waals surface area contributed by atoms with Crippen LogP contribution in [0.5, 0.6) is 0 Å². The van der Waals surface area contributed by atoms with Crippen molar-refractivity contribution < 1.29 is 24.2 Å². The van der Waals surface area contributed by atoms with E-state index in [0.29, 0.717) is 23.3 Å². The zero-order valence-electron chi connectivity index (χ0n) is 18.4. The topological polar surface area (TPSA) is 99.7 Å². The third kappa shape index (κ3) is 3.60. The Kier molecular flexibility index (Phi) is 5.00. The van der Waals surface area contributed by atoms with Crippen LogP contribution in [0.1, 0.15) is 66.7 Å². The second-order valence-electron chi connectivity index (χ2n) is 10.6. The number of amides is 1. The first-order valence-corrected chi connectivity index (χ1v) is 11.6. The van der Waals surface area contributed by atoms with Crippen LogP contribution in [0.2, 0.25) is 0 Å². The van der Waals surface area contributed by atoms with E-state index in [2.05, 4.69) is 4.98 Å². The van der Waals surface area contributed by atoms with E-state index in [1.54, 1.807) is 17.9 Å². The number of aliphatic hydroxyl groups excluding tert-OH is 1. The number of aromatic nitrogens is 1. The van der Waals surface area contributed by atoms with Gasteiger partial charge in [-0.05, 0) is 76.2 Å². The van der Waals surface area contributed by atoms with Crippen molar-refractivity contribution in [3.8, 4) is 0 Å². The maximum atomic E-state index is 13.7. The van der Waals surface area contributed by atoms with Gasteiger partial charge in [-0.3, -0.25) is 9.59 Å². The van der Waals surface area contributed by atoms with E-state index in [1.807, 2.05) is 6.92 Å². The van der Waals surface area contributed by atoms with Gasteiger partial charge in [0.1, 0.15) is 6.04 Å². The molecule has 0 radical (unpaired) electrons. The van der Waals surface area contributed by atoms with Crippen LogP contribution >= 0.6 is 0 Å². The summed E-state index contributed by atoms with van der Waals surface area (Å²) in [7, 11) is 0. The number of hydrogen-bond donors (Lipinski definition) is 2. The Hall–Kier alpha value is -2.15. The summed E-state index contributed by atoms with van der Waals surface area (Å²) in [5.41, 5.74) is 1.76. The van der Waals surface area contributed by atoms with E-state index in [1.165, 1.54) is 19.3 Å². The molecule has 2 heterocycles. The monoisotopic (exact) mass is 428 g/mol. The summed E-state index contributed by atoms with van der Waals surface area (Å²) >= 11 is 0. The molecule has 2 N–H and O–H groups in total. The number of esters is 1. The number of carbonyl (C=O) groups excluding carboxylic acids is 3. The van der Waals surface area contributed by atoms with E-state index in [9.17, 15) is 19.5 Å². The maximum absolute atomic E-state index is 13.7. The molecule has 0 aromatic carbocycles. The van der Waals surface area contributed by atoms with Gasteiger partial charge < -0.3 is 19.7 Å². The average molecular weight is 429 g/mol. The van der Waals surface area contributed by atoms with Crippen molar-refractivity contribution >= 4 is 17.7 Å². The third-order valence-corrected chi connectivity index (χ3v) is 8.10. The number of ketones is 1. The molecule has 1 amide bonds. The number of carbonyl (C=O) groups is 3. The summed E-state index contributed by atoms with van der Waals surface area (Å²) in [5.74, 6) is 1.03. The number of H-pyrrole nitrogens is 1. The van der Waals surface area contributed by atoms with Crippen molar-refractivity contribution in [2.75, 3.05) is 13.2 Å². The number of nitrogens with one attached hydrogen (secondary N) is 1. The van der Waals surface area contributed by atoms with E-state index in [-0.39, 0.29) is 36.7 Å². The van der Waals surface area contributed by atoms with Crippen molar-refractivity contribution in [2.24, 2.45) is 23.2 Å². The number of aryl methyl sites for hydroxylation is 2. The minimum Gasteiger partial charge on any atom is -0.456 e. The van der Waals surface area contributed by atoms with Gasteiger partial charge in [-0.1, -0.05) is 0 Å². The molecule has 5 aliphatic rings. The second kappa shape index (κ2) is 7.47. The van der Waals surface area contributed by atoms with Gasteiger partial charge in [0.05, 0.1) is 11.5 Å². The molecule has 4 bridgehead atoms. The molecule has 31 heavy (non-hydrogen) atoms. The Labute approximate surface area is 182 Å². The first kappa shape index (κ1) is 20.7. The van der Waals surface area contributed by atoms with Crippen LogP contribution in [0.3, 0.4) is 0 Å². The Morgan fingerprint density at radius 3 is 2.26 bits per heavy atom. The summed E-state index contributed by atoms with van der Waals surface area (Å²) in [6.07, 6.45) is 5.89. The number of aliphatic hydroxyl groups is 1. The molecule has 5 fully saturated rings. The first-order chi connectivity index (χ1) is 14.7. The fourth-order valence-electron chi connectivity index (χ4n) is 7.26. The Morgan fingerprint density at radius 1 is 1.10 bits per heavy atom. The number of β-amino-alcohol motifs (C(OH)–C–C–N with tert-alkyl or cyclic N) is 1. The summed E-state index contributed by atoms with van der Waals surface area (Å²) in [4.78, 5) is 43.7. The standard InChI is InChI=1S/C24H32N2O5/c1-13-3-19(14(2)25-13)21(28)12-31-22(29)20-7-18(27)11-26(20)23(30)24-8-15-4-16(9-24)6-17(5-15)10-24/h3,15-18,20,25,27H,4-12H2,1-2H3/t15?,16?,17?,18?,20-,24?/m0/s1. The number of ether oxygens (including phenoxy) is 1. The Bertz CT molecular complexity index is 884. The molecular formula is C24H32N2O5. The van der Waals surface area contributed by atoms with E-state index >= 15 is 0 Å². The largest absolute Gasteiger partial charge is 0.456 e. The first-order valence-electron chi connectivity index (χ1n) is 11.6. The van der Waals surface area contributed by atoms with Gasteiger partial charge in [0.15, 0.2) is 6.61 Å². The minimum atomic E-state index is -0.808. The molecule has 168 valence electrons. The molecule has 1 saturated heterocycles. The normalized spacial score (nSPS) is 36.1. The zero-order valence-corrected chi connectivity index (χ0v) is 18.4. The molecule has 1 aliphatic heterocycles. The fraction of sp³-hybridized carbons (Fsp3) is 0.708. The second-order valence-corrected chi connectivity index (χ2v) is 10.6. The number of Topliss-reactive ketones (excluding diaryl/α,β-unsaturated/α-hetero) is 1. The SMILES string of the molecule is Cc1cc(C(=O)COC(=O)[C@@H]2CC(O)CN2C(=O)C23CC4CC(CC(C4)C2)C3)c(C)[nH]1. The summed E-state index contributed by atoms with van der Waals surface area (Å²) < 4.78 is 5.35. The molecule has 1 unspecified atom stereocenters. The molecule has 4 saturated carbocycles. The van der Waals surface area contributed by atoms with Crippen molar-refractivity contribution in [3.05, 3.63) is 23.0 Å². The highest BCUT2D eigenvalue weighted by atomic mass is 16.5. The molecule has 7 heteroatoms. The molecule has 7 nitrogen and oxygen atoms in total. The smallest absolute Gasteiger partial charge is 0.329 e. The van der Waals surface area contributed by atoms with Gasteiger partial charge in [0.25, 0.3) is 0 Å². The Balaban J connectivity index is 1.27. The highest BCUT2D eigenvalue weighted by Crippen LogP contribution is 2.60. The van der Waals surface area contributed by atoms with E-state index in [0.717, 1.165) is 30.7 Å². The zero-order chi connectivity index (χ0) is 21.9. The lowest BCUT2D eigenvalue weighted by Crippen LogP contribution is -2.56. The van der Waals surface area contributed by atoms with E-state index < -0.39 is 18.1 Å². The minimum absolute atomic E-state index is 0.0218. The number of likely N-dealkylation sites (tertiary alicyclic amines) is 1. The number of hydrogen-bond acceptors (Lipinski definition) is 5. The average Bonchev–Trinajstić information content (AvgIpc) is 3.25. The highest BCUT2D eigenvalue weighted by Gasteiger charge is 2.57. The van der Waals surface area contributed by atoms with Gasteiger partial charge in [0.2, 0.25) is 11.7 Å². The van der Waals surface area contributed by atoms with Crippen molar-refractivity contribution in [1.82, 2.24) is 9.88 Å². The Morgan fingerprint density at radius 2 is 1.71 bits per heavy atom. The molecular weight excluding hydrogens is 396 g/mol. The molecule has 2 atom stereocenters. The molecule has 1 aromatic heterocycles. The lowest BCUT2D eigenvalue weighted by molar-refractivity contribution is -0.165. The van der Waals surface area contributed by atoms with Crippen LogP contribution < -0.4 is 0 Å². The molecule has 0 spiro atoms. The van der Waals surface area contributed by atoms with Crippen LogP contribution in [0.4, 0.5) is 0 Å². The number of aromatic amines is 1. The molecule has 6 rings (SSSR count). The van der Waals surface area contributed by atoms with Gasteiger partial charge in [-0.15, -0.1) is 0 Å². The van der Waals surface area contributed by atoms with Gasteiger partial charge in [-0.2, -0.15) is 0 Å². The van der Waals surface area contributed by atoms with Crippen molar-refractivity contribution in [3.63, 3.8) is 0 Å². The summed E-state index contributed by atoms with van der Waals surface area (Å²) in [6, 6.07) is 0.936. The molecule has 1 aromatic rings. The third-order valence-electron chi connectivity index (χ3n) is 8.10. The number of rotatable bonds is 5. The van der Waals surface area contributed by atoms with Crippen LogP contribution in [0.25, 0.3) is 0 Å². The highest BCUT2D eigenvalue weighted by molar-refractivity contribution is 5.99. The number of nitrogens with zero attached hydrogens (tertiary/aromatic N) is 1. The van der Waals surface area contributed by atoms with Crippen LogP contribution in [0.15, 0.2) is 6.07 Å².